The van der Waals surface area contributed by atoms with Crippen molar-refractivity contribution in [3.05, 3.63) is 34.9 Å². The molecular formula is C12H13ClO5. The minimum atomic E-state index is -1.14. The van der Waals surface area contributed by atoms with Gasteiger partial charge in [-0.25, -0.2) is 4.79 Å². The summed E-state index contributed by atoms with van der Waals surface area (Å²) >= 11 is 5.74. The number of rotatable bonds is 4. The van der Waals surface area contributed by atoms with Gasteiger partial charge in [0.25, 0.3) is 6.29 Å². The van der Waals surface area contributed by atoms with Crippen molar-refractivity contribution in [2.45, 2.75) is 20.1 Å². The maximum Gasteiger partial charge on any atom is 0.511 e. The summed E-state index contributed by atoms with van der Waals surface area (Å²) < 4.78 is 14.4. The van der Waals surface area contributed by atoms with Gasteiger partial charge in [-0.05, 0) is 19.1 Å². The van der Waals surface area contributed by atoms with Crippen LogP contribution >= 0.6 is 11.6 Å². The largest absolute Gasteiger partial charge is 0.511 e. The normalized spacial score (nSPS) is 11.5. The predicted molar refractivity (Wildman–Crippen MR) is 64.1 cm³/mol. The SMILES string of the molecule is CCOC(=O)OC(OC(C)=O)c1ccc(Cl)cc1. The van der Waals surface area contributed by atoms with E-state index in [1.165, 1.54) is 6.92 Å². The Morgan fingerprint density at radius 1 is 1.22 bits per heavy atom. The zero-order valence-electron chi connectivity index (χ0n) is 10.0. The third-order valence-electron chi connectivity index (χ3n) is 1.88. The molecule has 1 unspecified atom stereocenters. The molecule has 0 aliphatic carbocycles. The van der Waals surface area contributed by atoms with Crippen LogP contribution < -0.4 is 0 Å². The van der Waals surface area contributed by atoms with E-state index in [-0.39, 0.29) is 6.61 Å². The minimum absolute atomic E-state index is 0.173. The molecule has 0 aliphatic heterocycles. The van der Waals surface area contributed by atoms with Crippen LogP contribution in [0.3, 0.4) is 0 Å². The van der Waals surface area contributed by atoms with Crippen LogP contribution in [0.4, 0.5) is 4.79 Å². The van der Waals surface area contributed by atoms with Gasteiger partial charge in [-0.1, -0.05) is 23.7 Å². The molecule has 5 nitrogen and oxygen atoms in total. The number of esters is 1. The van der Waals surface area contributed by atoms with Gasteiger partial charge in [-0.3, -0.25) is 4.79 Å². The van der Waals surface area contributed by atoms with E-state index in [9.17, 15) is 9.59 Å². The van der Waals surface area contributed by atoms with Crippen molar-refractivity contribution < 1.29 is 23.8 Å². The molecule has 1 atom stereocenters. The average molecular weight is 273 g/mol. The van der Waals surface area contributed by atoms with Gasteiger partial charge in [0, 0.05) is 17.5 Å². The van der Waals surface area contributed by atoms with E-state index in [0.29, 0.717) is 10.6 Å². The predicted octanol–water partition coefficient (Wildman–Crippen LogP) is 3.07. The Morgan fingerprint density at radius 2 is 1.83 bits per heavy atom. The fourth-order valence-corrected chi connectivity index (χ4v) is 1.30. The standard InChI is InChI=1S/C12H13ClO5/c1-3-16-12(15)18-11(17-8(2)14)9-4-6-10(13)7-5-9/h4-7,11H,3H2,1-2H3. The first-order valence-electron chi connectivity index (χ1n) is 5.29. The first kappa shape index (κ1) is 14.3. The van der Waals surface area contributed by atoms with Crippen LogP contribution in [0.1, 0.15) is 25.7 Å². The van der Waals surface area contributed by atoms with Crippen LogP contribution in [0.2, 0.25) is 5.02 Å². The van der Waals surface area contributed by atoms with E-state index in [0.717, 1.165) is 0 Å². The van der Waals surface area contributed by atoms with Gasteiger partial charge in [-0.15, -0.1) is 0 Å². The lowest BCUT2D eigenvalue weighted by Gasteiger charge is -2.17. The Labute approximate surface area is 110 Å². The van der Waals surface area contributed by atoms with Gasteiger partial charge in [0.1, 0.15) is 0 Å². The highest BCUT2D eigenvalue weighted by Gasteiger charge is 2.20. The molecule has 0 saturated carbocycles. The van der Waals surface area contributed by atoms with Crippen molar-refractivity contribution in [3.63, 3.8) is 0 Å². The first-order chi connectivity index (χ1) is 8.52. The molecule has 0 amide bonds. The summed E-state index contributed by atoms with van der Waals surface area (Å²) in [4.78, 5) is 22.2. The second-order valence-corrected chi connectivity index (χ2v) is 3.73. The molecule has 0 radical (unpaired) electrons. The molecule has 0 N–H and O–H groups in total. The maximum absolute atomic E-state index is 11.2. The molecule has 6 heteroatoms. The summed E-state index contributed by atoms with van der Waals surface area (Å²) in [7, 11) is 0. The lowest BCUT2D eigenvalue weighted by molar-refractivity contribution is -0.170. The van der Waals surface area contributed by atoms with Crippen LogP contribution in [-0.4, -0.2) is 18.7 Å². The summed E-state index contributed by atoms with van der Waals surface area (Å²) in [6.07, 6.45) is -2.04. The number of hydrogen-bond acceptors (Lipinski definition) is 5. The minimum Gasteiger partial charge on any atom is -0.434 e. The van der Waals surface area contributed by atoms with Crippen molar-refractivity contribution in [1.82, 2.24) is 0 Å². The summed E-state index contributed by atoms with van der Waals surface area (Å²) in [6.45, 7) is 3.04. The van der Waals surface area contributed by atoms with Gasteiger partial charge >= 0.3 is 12.1 Å². The molecule has 98 valence electrons. The zero-order chi connectivity index (χ0) is 13.5. The topological polar surface area (TPSA) is 61.8 Å². The van der Waals surface area contributed by atoms with Gasteiger partial charge < -0.3 is 14.2 Å². The molecule has 1 rings (SSSR count). The van der Waals surface area contributed by atoms with Crippen LogP contribution in [0.5, 0.6) is 0 Å². The zero-order valence-corrected chi connectivity index (χ0v) is 10.8. The van der Waals surface area contributed by atoms with Crippen molar-refractivity contribution in [1.29, 1.82) is 0 Å². The van der Waals surface area contributed by atoms with E-state index >= 15 is 0 Å². The number of carbonyl (C=O) groups excluding carboxylic acids is 2. The summed E-state index contributed by atoms with van der Waals surface area (Å²) in [5.41, 5.74) is 0.489. The van der Waals surface area contributed by atoms with Gasteiger partial charge in [0.15, 0.2) is 0 Å². The van der Waals surface area contributed by atoms with Gasteiger partial charge in [0.2, 0.25) is 0 Å². The van der Waals surface area contributed by atoms with E-state index in [4.69, 9.17) is 21.1 Å². The van der Waals surface area contributed by atoms with Crippen LogP contribution in [0, 0.1) is 0 Å². The summed E-state index contributed by atoms with van der Waals surface area (Å²) in [5, 5.41) is 0.524. The molecule has 1 aromatic carbocycles. The second-order valence-electron chi connectivity index (χ2n) is 3.29. The fraction of sp³-hybridized carbons (Fsp3) is 0.333. The third kappa shape index (κ3) is 4.63. The lowest BCUT2D eigenvalue weighted by atomic mass is 10.2. The highest BCUT2D eigenvalue weighted by molar-refractivity contribution is 6.30. The molecule has 0 fully saturated rings. The molecule has 0 aromatic heterocycles. The number of carbonyl (C=O) groups is 2. The molecule has 0 saturated heterocycles. The third-order valence-corrected chi connectivity index (χ3v) is 2.13. The first-order valence-corrected chi connectivity index (χ1v) is 5.66. The fourth-order valence-electron chi connectivity index (χ4n) is 1.17. The molecule has 0 aliphatic rings. The maximum atomic E-state index is 11.2. The number of benzene rings is 1. The van der Waals surface area contributed by atoms with Crippen LogP contribution in [0.15, 0.2) is 24.3 Å². The Bertz CT molecular complexity index is 415. The summed E-state index contributed by atoms with van der Waals surface area (Å²) in [6, 6.07) is 6.38. The Morgan fingerprint density at radius 3 is 2.33 bits per heavy atom. The number of ether oxygens (including phenoxy) is 3. The summed E-state index contributed by atoms with van der Waals surface area (Å²) in [5.74, 6) is -0.570. The van der Waals surface area contributed by atoms with Crippen molar-refractivity contribution in [3.8, 4) is 0 Å². The Kier molecular flexibility index (Phi) is 5.45. The highest BCUT2D eigenvalue weighted by atomic mass is 35.5. The van der Waals surface area contributed by atoms with E-state index in [1.54, 1.807) is 31.2 Å². The van der Waals surface area contributed by atoms with Crippen LogP contribution in [-0.2, 0) is 19.0 Å². The molecular weight excluding hydrogens is 260 g/mol. The van der Waals surface area contributed by atoms with Crippen LogP contribution in [0.25, 0.3) is 0 Å². The Balaban J connectivity index is 2.80. The van der Waals surface area contributed by atoms with E-state index in [2.05, 4.69) is 4.74 Å². The van der Waals surface area contributed by atoms with Crippen molar-refractivity contribution in [2.75, 3.05) is 6.61 Å². The van der Waals surface area contributed by atoms with Gasteiger partial charge in [-0.2, -0.15) is 0 Å². The molecule has 0 heterocycles. The van der Waals surface area contributed by atoms with Crippen molar-refractivity contribution >= 4 is 23.7 Å². The molecule has 0 bridgehead atoms. The monoisotopic (exact) mass is 272 g/mol. The molecule has 18 heavy (non-hydrogen) atoms. The highest BCUT2D eigenvalue weighted by Crippen LogP contribution is 2.21. The second kappa shape index (κ2) is 6.86. The van der Waals surface area contributed by atoms with E-state index < -0.39 is 18.4 Å². The molecule has 1 aromatic rings. The Hall–Kier alpha value is -1.75. The average Bonchev–Trinajstić information content (AvgIpc) is 2.28. The number of halogens is 1. The van der Waals surface area contributed by atoms with Crippen molar-refractivity contribution in [2.24, 2.45) is 0 Å². The quantitative estimate of drug-likeness (QED) is 0.623. The smallest absolute Gasteiger partial charge is 0.434 e. The lowest BCUT2D eigenvalue weighted by Crippen LogP contribution is -2.17. The van der Waals surface area contributed by atoms with E-state index in [1.807, 2.05) is 0 Å². The van der Waals surface area contributed by atoms with Gasteiger partial charge in [0.05, 0.1) is 6.61 Å². The molecule has 0 spiro atoms. The number of hydrogen-bond donors (Lipinski definition) is 0.